The van der Waals surface area contributed by atoms with Gasteiger partial charge in [-0.2, -0.15) is 0 Å². The van der Waals surface area contributed by atoms with Crippen LogP contribution in [0, 0.1) is 5.92 Å². The Labute approximate surface area is 183 Å². The van der Waals surface area contributed by atoms with Crippen LogP contribution in [0.2, 0.25) is 5.02 Å². The maximum Gasteiger partial charge on any atom is 0.573 e. The zero-order chi connectivity index (χ0) is 22.6. The molecule has 0 spiro atoms. The molecule has 1 amide bonds. The molecule has 168 valence electrons. The van der Waals surface area contributed by atoms with Gasteiger partial charge in [0.1, 0.15) is 5.75 Å². The molecule has 0 unspecified atom stereocenters. The Kier molecular flexibility index (Phi) is 7.13. The topological polar surface area (TPSA) is 75.7 Å². The maximum absolute atomic E-state index is 12.8. The third-order valence-corrected chi connectivity index (χ3v) is 6.79. The molecule has 1 fully saturated rings. The van der Waals surface area contributed by atoms with Gasteiger partial charge < -0.3 is 10.1 Å². The number of carbonyl (C=O) groups is 1. The molecule has 1 heterocycles. The standard InChI is InChI=1S/C20H20ClF3N2O4S/c21-16-5-1-3-14(11-16)13-31(28,29)26-10-2-4-15(12-26)19(27)25-17-6-8-18(9-7-17)30-20(22,23)24/h1,3,5-9,11,15H,2,4,10,12-13H2,(H,25,27)/t15-/m0/s1. The Balaban J connectivity index is 1.61. The van der Waals surface area contributed by atoms with E-state index in [9.17, 15) is 26.4 Å². The summed E-state index contributed by atoms with van der Waals surface area (Å²) in [6.45, 7) is 0.347. The van der Waals surface area contributed by atoms with Crippen molar-refractivity contribution in [3.05, 3.63) is 59.1 Å². The molecule has 1 saturated heterocycles. The number of rotatable bonds is 6. The van der Waals surface area contributed by atoms with E-state index in [2.05, 4.69) is 10.1 Å². The number of amides is 1. The van der Waals surface area contributed by atoms with Gasteiger partial charge in [-0.25, -0.2) is 12.7 Å². The van der Waals surface area contributed by atoms with Crippen LogP contribution in [0.25, 0.3) is 0 Å². The number of nitrogens with zero attached hydrogens (tertiary/aromatic N) is 1. The number of nitrogens with one attached hydrogen (secondary N) is 1. The first-order chi connectivity index (χ1) is 14.5. The predicted molar refractivity (Wildman–Crippen MR) is 110 cm³/mol. The molecule has 0 aromatic heterocycles. The fourth-order valence-corrected chi connectivity index (χ4v) is 5.13. The van der Waals surface area contributed by atoms with Crippen LogP contribution in [0.4, 0.5) is 18.9 Å². The molecule has 0 radical (unpaired) electrons. The third kappa shape index (κ3) is 6.84. The Hall–Kier alpha value is -2.30. The first kappa shape index (κ1) is 23.4. The zero-order valence-electron chi connectivity index (χ0n) is 16.2. The second-order valence-electron chi connectivity index (χ2n) is 7.14. The second-order valence-corrected chi connectivity index (χ2v) is 9.55. The first-order valence-corrected chi connectivity index (χ1v) is 11.4. The van der Waals surface area contributed by atoms with Gasteiger partial charge >= 0.3 is 6.36 Å². The molecule has 3 rings (SSSR count). The van der Waals surface area contributed by atoms with Crippen LogP contribution in [0.3, 0.4) is 0 Å². The number of hydrogen-bond donors (Lipinski definition) is 1. The molecule has 11 heteroatoms. The number of carbonyl (C=O) groups excluding carboxylic acids is 1. The van der Waals surface area contributed by atoms with Crippen molar-refractivity contribution in [3.63, 3.8) is 0 Å². The van der Waals surface area contributed by atoms with Crippen LogP contribution in [-0.2, 0) is 20.6 Å². The van der Waals surface area contributed by atoms with Gasteiger partial charge in [0.15, 0.2) is 0 Å². The normalized spacial score (nSPS) is 17.9. The van der Waals surface area contributed by atoms with Crippen LogP contribution in [0.1, 0.15) is 18.4 Å². The van der Waals surface area contributed by atoms with E-state index >= 15 is 0 Å². The minimum atomic E-state index is -4.80. The summed E-state index contributed by atoms with van der Waals surface area (Å²) in [5, 5.41) is 3.06. The van der Waals surface area contributed by atoms with E-state index in [1.807, 2.05) is 0 Å². The number of halogens is 4. The van der Waals surface area contributed by atoms with Crippen LogP contribution >= 0.6 is 11.6 Å². The molecule has 0 saturated carbocycles. The van der Waals surface area contributed by atoms with E-state index in [0.29, 0.717) is 35.7 Å². The molecule has 1 aliphatic heterocycles. The van der Waals surface area contributed by atoms with Crippen molar-refractivity contribution < 1.29 is 31.1 Å². The highest BCUT2D eigenvalue weighted by atomic mass is 35.5. The van der Waals surface area contributed by atoms with E-state index in [-0.39, 0.29) is 12.3 Å². The highest BCUT2D eigenvalue weighted by Crippen LogP contribution is 2.26. The molecule has 31 heavy (non-hydrogen) atoms. The molecule has 1 aliphatic rings. The van der Waals surface area contributed by atoms with Crippen molar-refractivity contribution in [2.24, 2.45) is 5.92 Å². The minimum absolute atomic E-state index is 0.0317. The van der Waals surface area contributed by atoms with E-state index < -0.39 is 34.0 Å². The molecule has 1 N–H and O–H groups in total. The Morgan fingerprint density at radius 1 is 1.19 bits per heavy atom. The summed E-state index contributed by atoms with van der Waals surface area (Å²) in [6.07, 6.45) is -3.78. The average molecular weight is 477 g/mol. The second kappa shape index (κ2) is 9.46. The monoisotopic (exact) mass is 476 g/mol. The fourth-order valence-electron chi connectivity index (χ4n) is 3.32. The molecule has 6 nitrogen and oxygen atoms in total. The summed E-state index contributed by atoms with van der Waals surface area (Å²) < 4.78 is 67.4. The lowest BCUT2D eigenvalue weighted by molar-refractivity contribution is -0.274. The third-order valence-electron chi connectivity index (χ3n) is 4.74. The van der Waals surface area contributed by atoms with E-state index in [4.69, 9.17) is 11.6 Å². The van der Waals surface area contributed by atoms with E-state index in [1.54, 1.807) is 24.3 Å². The van der Waals surface area contributed by atoms with Gasteiger partial charge in [0.05, 0.1) is 11.7 Å². The molecule has 2 aromatic carbocycles. The van der Waals surface area contributed by atoms with Crippen molar-refractivity contribution in [2.75, 3.05) is 18.4 Å². The van der Waals surface area contributed by atoms with Crippen molar-refractivity contribution in [1.29, 1.82) is 0 Å². The number of ether oxygens (including phenoxy) is 1. The number of alkyl halides is 3. The van der Waals surface area contributed by atoms with E-state index in [0.717, 1.165) is 12.1 Å². The number of anilines is 1. The zero-order valence-corrected chi connectivity index (χ0v) is 17.8. The van der Waals surface area contributed by atoms with Gasteiger partial charge in [-0.1, -0.05) is 23.7 Å². The number of piperidine rings is 1. The largest absolute Gasteiger partial charge is 0.573 e. The predicted octanol–water partition coefficient (Wildman–Crippen LogP) is 4.42. The number of benzene rings is 2. The molecular weight excluding hydrogens is 457 g/mol. The van der Waals surface area contributed by atoms with E-state index in [1.165, 1.54) is 16.4 Å². The SMILES string of the molecule is O=C(Nc1ccc(OC(F)(F)F)cc1)[C@H]1CCCN(S(=O)(=O)Cc2cccc(Cl)c2)C1. The van der Waals surface area contributed by atoms with Crippen LogP contribution < -0.4 is 10.1 Å². The average Bonchev–Trinajstić information content (AvgIpc) is 2.68. The number of sulfonamides is 1. The van der Waals surface area contributed by atoms with Gasteiger partial charge in [0, 0.05) is 23.8 Å². The van der Waals surface area contributed by atoms with Crippen LogP contribution in [0.15, 0.2) is 48.5 Å². The van der Waals surface area contributed by atoms with Crippen molar-refractivity contribution in [2.45, 2.75) is 25.0 Å². The summed E-state index contributed by atoms with van der Waals surface area (Å²) in [5.74, 6) is -1.59. The lowest BCUT2D eigenvalue weighted by atomic mass is 9.99. The molecule has 2 aromatic rings. The Bertz CT molecular complexity index is 1030. The first-order valence-electron chi connectivity index (χ1n) is 9.41. The summed E-state index contributed by atoms with van der Waals surface area (Å²) in [6, 6.07) is 11.3. The van der Waals surface area contributed by atoms with Gasteiger partial charge in [-0.05, 0) is 54.8 Å². The molecule has 0 aliphatic carbocycles. The van der Waals surface area contributed by atoms with Gasteiger partial charge in [0.2, 0.25) is 15.9 Å². The summed E-state index contributed by atoms with van der Waals surface area (Å²) in [7, 11) is -3.64. The number of hydrogen-bond acceptors (Lipinski definition) is 4. The lowest BCUT2D eigenvalue weighted by Crippen LogP contribution is -2.44. The lowest BCUT2D eigenvalue weighted by Gasteiger charge is -2.31. The van der Waals surface area contributed by atoms with Gasteiger partial charge in [-0.15, -0.1) is 13.2 Å². The Morgan fingerprint density at radius 3 is 2.55 bits per heavy atom. The van der Waals surface area contributed by atoms with Crippen molar-refractivity contribution >= 4 is 33.2 Å². The summed E-state index contributed by atoms with van der Waals surface area (Å²) in [5.41, 5.74) is 0.846. The minimum Gasteiger partial charge on any atom is -0.406 e. The molecule has 1 atom stereocenters. The molecule has 0 bridgehead atoms. The maximum atomic E-state index is 12.8. The van der Waals surface area contributed by atoms with Crippen molar-refractivity contribution in [3.8, 4) is 5.75 Å². The smallest absolute Gasteiger partial charge is 0.406 e. The highest BCUT2D eigenvalue weighted by Gasteiger charge is 2.33. The van der Waals surface area contributed by atoms with Gasteiger partial charge in [0.25, 0.3) is 0 Å². The van der Waals surface area contributed by atoms with Crippen molar-refractivity contribution in [1.82, 2.24) is 4.31 Å². The van der Waals surface area contributed by atoms with Gasteiger partial charge in [-0.3, -0.25) is 4.79 Å². The van der Waals surface area contributed by atoms with Crippen LogP contribution in [0.5, 0.6) is 5.75 Å². The summed E-state index contributed by atoms with van der Waals surface area (Å²) in [4.78, 5) is 12.6. The Morgan fingerprint density at radius 2 is 1.90 bits per heavy atom. The molecular formula is C20H20ClF3N2O4S. The quantitative estimate of drug-likeness (QED) is 0.669. The van der Waals surface area contributed by atoms with Crippen LogP contribution in [-0.4, -0.2) is 38.1 Å². The summed E-state index contributed by atoms with van der Waals surface area (Å²) >= 11 is 5.92. The highest BCUT2D eigenvalue weighted by molar-refractivity contribution is 7.88. The fraction of sp³-hybridized carbons (Fsp3) is 0.350.